The van der Waals surface area contributed by atoms with Gasteiger partial charge < -0.3 is 4.90 Å². The van der Waals surface area contributed by atoms with Crippen molar-refractivity contribution in [1.29, 1.82) is 0 Å². The van der Waals surface area contributed by atoms with E-state index in [1.165, 1.54) is 29.5 Å². The number of piperidine rings is 1. The standard InChI is InChI=1S/C15H20ClN3S/c1-3-10-5-7-19(8-6-10)13-12-9-11(4-2)20-14(12)18-15(16)17-13/h9-10H,3-8H2,1-2H3. The second kappa shape index (κ2) is 5.86. The molecule has 3 nitrogen and oxygen atoms in total. The molecule has 0 N–H and O–H groups in total. The number of rotatable bonds is 3. The minimum atomic E-state index is 0.370. The zero-order valence-electron chi connectivity index (χ0n) is 12.0. The van der Waals surface area contributed by atoms with Crippen LogP contribution in [0.1, 0.15) is 38.0 Å². The second-order valence-electron chi connectivity index (χ2n) is 5.44. The first-order chi connectivity index (χ1) is 9.71. The quantitative estimate of drug-likeness (QED) is 0.780. The Kier molecular flexibility index (Phi) is 4.13. The molecule has 1 saturated heterocycles. The van der Waals surface area contributed by atoms with Crippen LogP contribution >= 0.6 is 22.9 Å². The molecule has 0 unspecified atom stereocenters. The summed E-state index contributed by atoms with van der Waals surface area (Å²) in [4.78, 5) is 13.6. The van der Waals surface area contributed by atoms with Gasteiger partial charge in [0.1, 0.15) is 10.6 Å². The van der Waals surface area contributed by atoms with E-state index in [9.17, 15) is 0 Å². The molecule has 0 amide bonds. The monoisotopic (exact) mass is 309 g/mol. The molecule has 0 saturated carbocycles. The Bertz CT molecular complexity index is 602. The summed E-state index contributed by atoms with van der Waals surface area (Å²) in [6, 6.07) is 2.23. The van der Waals surface area contributed by atoms with Crippen molar-refractivity contribution in [3.63, 3.8) is 0 Å². The Morgan fingerprint density at radius 1 is 1.30 bits per heavy atom. The van der Waals surface area contributed by atoms with Crippen LogP contribution in [0.4, 0.5) is 5.82 Å². The molecule has 3 heterocycles. The van der Waals surface area contributed by atoms with Crippen molar-refractivity contribution in [3.05, 3.63) is 16.2 Å². The summed E-state index contributed by atoms with van der Waals surface area (Å²) in [6.45, 7) is 6.62. The molecule has 2 aromatic rings. The van der Waals surface area contributed by atoms with E-state index in [1.54, 1.807) is 11.3 Å². The zero-order valence-corrected chi connectivity index (χ0v) is 13.6. The zero-order chi connectivity index (χ0) is 14.1. The Morgan fingerprint density at radius 2 is 2.05 bits per heavy atom. The number of anilines is 1. The number of halogens is 1. The molecule has 0 aromatic carbocycles. The predicted octanol–water partition coefficient (Wildman–Crippen LogP) is 4.53. The Balaban J connectivity index is 1.96. The Morgan fingerprint density at radius 3 is 2.70 bits per heavy atom. The largest absolute Gasteiger partial charge is 0.356 e. The molecule has 1 aliphatic heterocycles. The van der Waals surface area contributed by atoms with E-state index < -0.39 is 0 Å². The molecule has 0 radical (unpaired) electrons. The highest BCUT2D eigenvalue weighted by molar-refractivity contribution is 7.18. The number of hydrogen-bond donors (Lipinski definition) is 0. The molecule has 108 valence electrons. The van der Waals surface area contributed by atoms with Gasteiger partial charge in [0.25, 0.3) is 0 Å². The molecule has 3 rings (SSSR count). The van der Waals surface area contributed by atoms with Gasteiger partial charge in [-0.25, -0.2) is 4.98 Å². The smallest absolute Gasteiger partial charge is 0.225 e. The van der Waals surface area contributed by atoms with Crippen LogP contribution in [0.15, 0.2) is 6.07 Å². The van der Waals surface area contributed by atoms with Gasteiger partial charge in [0.15, 0.2) is 0 Å². The minimum absolute atomic E-state index is 0.370. The second-order valence-corrected chi connectivity index (χ2v) is 6.89. The van der Waals surface area contributed by atoms with Crippen LogP contribution in [0.5, 0.6) is 0 Å². The minimum Gasteiger partial charge on any atom is -0.356 e. The summed E-state index contributed by atoms with van der Waals surface area (Å²) >= 11 is 7.84. The van der Waals surface area contributed by atoms with Gasteiger partial charge in [-0.15, -0.1) is 11.3 Å². The third-order valence-corrected chi connectivity index (χ3v) is 5.58. The van der Waals surface area contributed by atoms with Gasteiger partial charge >= 0.3 is 0 Å². The van der Waals surface area contributed by atoms with Crippen molar-refractivity contribution in [2.24, 2.45) is 5.92 Å². The highest BCUT2D eigenvalue weighted by Gasteiger charge is 2.22. The lowest BCUT2D eigenvalue weighted by Gasteiger charge is -2.32. The number of fused-ring (bicyclic) bond motifs is 1. The van der Waals surface area contributed by atoms with Crippen LogP contribution in [-0.4, -0.2) is 23.1 Å². The molecular formula is C15H20ClN3S. The van der Waals surface area contributed by atoms with Crippen molar-refractivity contribution in [2.45, 2.75) is 39.5 Å². The van der Waals surface area contributed by atoms with E-state index in [-0.39, 0.29) is 0 Å². The maximum absolute atomic E-state index is 6.11. The van der Waals surface area contributed by atoms with E-state index in [0.717, 1.165) is 36.1 Å². The van der Waals surface area contributed by atoms with Gasteiger partial charge in [0, 0.05) is 18.0 Å². The fraction of sp³-hybridized carbons (Fsp3) is 0.600. The lowest BCUT2D eigenvalue weighted by molar-refractivity contribution is 0.394. The van der Waals surface area contributed by atoms with Crippen molar-refractivity contribution in [3.8, 4) is 0 Å². The van der Waals surface area contributed by atoms with Crippen LogP contribution in [-0.2, 0) is 6.42 Å². The Labute approximate surface area is 129 Å². The molecule has 5 heteroatoms. The van der Waals surface area contributed by atoms with Gasteiger partial charge in [0.05, 0.1) is 5.39 Å². The maximum atomic E-state index is 6.11. The molecule has 1 aliphatic rings. The number of thiophene rings is 1. The van der Waals surface area contributed by atoms with Gasteiger partial charge in [-0.3, -0.25) is 0 Å². The van der Waals surface area contributed by atoms with E-state index in [2.05, 4.69) is 34.8 Å². The van der Waals surface area contributed by atoms with Crippen molar-refractivity contribution >= 4 is 39.0 Å². The topological polar surface area (TPSA) is 29.0 Å². The summed E-state index contributed by atoms with van der Waals surface area (Å²) in [6.07, 6.45) is 4.83. The summed E-state index contributed by atoms with van der Waals surface area (Å²) in [5.74, 6) is 1.90. The lowest BCUT2D eigenvalue weighted by atomic mass is 9.94. The van der Waals surface area contributed by atoms with E-state index >= 15 is 0 Å². The van der Waals surface area contributed by atoms with Gasteiger partial charge in [-0.05, 0) is 42.8 Å². The number of hydrogen-bond acceptors (Lipinski definition) is 4. The predicted molar refractivity (Wildman–Crippen MR) is 87.0 cm³/mol. The lowest BCUT2D eigenvalue weighted by Crippen LogP contribution is -2.34. The fourth-order valence-electron chi connectivity index (χ4n) is 2.90. The van der Waals surface area contributed by atoms with Crippen LogP contribution < -0.4 is 4.90 Å². The third-order valence-electron chi connectivity index (χ3n) is 4.24. The van der Waals surface area contributed by atoms with E-state index in [1.807, 2.05) is 0 Å². The first-order valence-electron chi connectivity index (χ1n) is 7.42. The summed E-state index contributed by atoms with van der Waals surface area (Å²) in [5.41, 5.74) is 0. The van der Waals surface area contributed by atoms with Crippen molar-refractivity contribution < 1.29 is 0 Å². The van der Waals surface area contributed by atoms with Gasteiger partial charge in [-0.1, -0.05) is 20.3 Å². The molecular weight excluding hydrogens is 290 g/mol. The molecule has 1 fully saturated rings. The summed E-state index contributed by atoms with van der Waals surface area (Å²) < 4.78 is 0. The average molecular weight is 310 g/mol. The van der Waals surface area contributed by atoms with E-state index in [0.29, 0.717) is 5.28 Å². The van der Waals surface area contributed by atoms with Crippen molar-refractivity contribution in [2.75, 3.05) is 18.0 Å². The molecule has 0 bridgehead atoms. The van der Waals surface area contributed by atoms with Crippen molar-refractivity contribution in [1.82, 2.24) is 9.97 Å². The first-order valence-corrected chi connectivity index (χ1v) is 8.61. The van der Waals surface area contributed by atoms with Crippen LogP contribution in [0.25, 0.3) is 10.2 Å². The number of nitrogens with zero attached hydrogens (tertiary/aromatic N) is 3. The maximum Gasteiger partial charge on any atom is 0.225 e. The summed E-state index contributed by atoms with van der Waals surface area (Å²) in [7, 11) is 0. The molecule has 20 heavy (non-hydrogen) atoms. The van der Waals surface area contributed by atoms with Gasteiger partial charge in [0.2, 0.25) is 5.28 Å². The normalized spacial score (nSPS) is 17.1. The highest BCUT2D eigenvalue weighted by atomic mass is 35.5. The molecule has 0 spiro atoms. The van der Waals surface area contributed by atoms with Crippen LogP contribution in [0, 0.1) is 5.92 Å². The van der Waals surface area contributed by atoms with Gasteiger partial charge in [-0.2, -0.15) is 4.98 Å². The van der Waals surface area contributed by atoms with Crippen LogP contribution in [0.3, 0.4) is 0 Å². The molecule has 0 aliphatic carbocycles. The summed E-state index contributed by atoms with van der Waals surface area (Å²) in [5, 5.41) is 1.54. The van der Waals surface area contributed by atoms with E-state index in [4.69, 9.17) is 11.6 Å². The SMILES string of the molecule is CCc1cc2c(N3CCC(CC)CC3)nc(Cl)nc2s1. The highest BCUT2D eigenvalue weighted by Crippen LogP contribution is 2.34. The number of aryl methyl sites for hydroxylation is 1. The number of aromatic nitrogens is 2. The average Bonchev–Trinajstić information content (AvgIpc) is 2.89. The van der Waals surface area contributed by atoms with Crippen LogP contribution in [0.2, 0.25) is 5.28 Å². The molecule has 2 aromatic heterocycles. The fourth-order valence-corrected chi connectivity index (χ4v) is 4.08. The third kappa shape index (κ3) is 2.63. The molecule has 0 atom stereocenters. The first kappa shape index (κ1) is 14.1. The Hall–Kier alpha value is -0.870.